The average Bonchev–Trinajstić information content (AvgIpc) is 2.94. The molecule has 1 aliphatic rings. The van der Waals surface area contributed by atoms with Gasteiger partial charge in [0.15, 0.2) is 5.69 Å². The van der Waals surface area contributed by atoms with Crippen molar-refractivity contribution in [3.63, 3.8) is 0 Å². The predicted molar refractivity (Wildman–Crippen MR) is 63.7 cm³/mol. The Labute approximate surface area is 101 Å². The quantitative estimate of drug-likeness (QED) is 0.805. The lowest BCUT2D eigenvalue weighted by Gasteiger charge is -2.06. The molecule has 1 fully saturated rings. The standard InChI is InChI=1S/C12H17N3O2/c1-12(2)6-8(12)7-13-10-5-4-9(14-15-10)11(16)17-3/h4-5,8H,6-7H2,1-3H3,(H,13,15). The fourth-order valence-corrected chi connectivity index (χ4v) is 1.79. The van der Waals surface area contributed by atoms with Crippen LogP contribution >= 0.6 is 0 Å². The Kier molecular flexibility index (Phi) is 3.00. The van der Waals surface area contributed by atoms with Gasteiger partial charge in [-0.3, -0.25) is 0 Å². The maximum Gasteiger partial charge on any atom is 0.358 e. The first-order valence-corrected chi connectivity index (χ1v) is 5.69. The maximum absolute atomic E-state index is 11.1. The Bertz CT molecular complexity index is 414. The summed E-state index contributed by atoms with van der Waals surface area (Å²) >= 11 is 0. The van der Waals surface area contributed by atoms with Crippen molar-refractivity contribution < 1.29 is 9.53 Å². The zero-order valence-corrected chi connectivity index (χ0v) is 10.4. The largest absolute Gasteiger partial charge is 0.464 e. The van der Waals surface area contributed by atoms with Crippen molar-refractivity contribution in [2.75, 3.05) is 19.0 Å². The molecule has 1 atom stereocenters. The molecule has 1 aromatic rings. The van der Waals surface area contributed by atoms with Crippen LogP contribution in [0.1, 0.15) is 30.8 Å². The number of ether oxygens (including phenoxy) is 1. The van der Waals surface area contributed by atoms with Gasteiger partial charge in [-0.2, -0.15) is 0 Å². The molecular weight excluding hydrogens is 218 g/mol. The molecule has 92 valence electrons. The van der Waals surface area contributed by atoms with E-state index in [0.29, 0.717) is 17.2 Å². The third-order valence-corrected chi connectivity index (χ3v) is 3.31. The van der Waals surface area contributed by atoms with E-state index in [0.717, 1.165) is 6.54 Å². The predicted octanol–water partition coefficient (Wildman–Crippen LogP) is 1.72. The number of carbonyl (C=O) groups excluding carboxylic acids is 1. The van der Waals surface area contributed by atoms with Crippen LogP contribution in [0.25, 0.3) is 0 Å². The van der Waals surface area contributed by atoms with E-state index in [9.17, 15) is 4.79 Å². The first kappa shape index (κ1) is 11.8. The van der Waals surface area contributed by atoms with Crippen molar-refractivity contribution in [2.45, 2.75) is 20.3 Å². The minimum absolute atomic E-state index is 0.227. The molecule has 0 radical (unpaired) electrons. The second kappa shape index (κ2) is 4.31. The molecule has 1 N–H and O–H groups in total. The Hall–Kier alpha value is -1.65. The van der Waals surface area contributed by atoms with Crippen molar-refractivity contribution in [1.82, 2.24) is 10.2 Å². The number of methoxy groups -OCH3 is 1. The van der Waals surface area contributed by atoms with E-state index in [4.69, 9.17) is 0 Å². The summed E-state index contributed by atoms with van der Waals surface area (Å²) in [6, 6.07) is 3.36. The first-order chi connectivity index (χ1) is 8.03. The molecule has 2 rings (SSSR count). The van der Waals surface area contributed by atoms with E-state index in [1.54, 1.807) is 12.1 Å². The van der Waals surface area contributed by atoms with E-state index in [-0.39, 0.29) is 5.69 Å². The van der Waals surface area contributed by atoms with Crippen molar-refractivity contribution in [3.8, 4) is 0 Å². The van der Waals surface area contributed by atoms with E-state index < -0.39 is 5.97 Å². The zero-order chi connectivity index (χ0) is 12.5. The number of carbonyl (C=O) groups is 1. The van der Waals surface area contributed by atoms with Gasteiger partial charge in [0.2, 0.25) is 0 Å². The van der Waals surface area contributed by atoms with Gasteiger partial charge in [0.1, 0.15) is 5.82 Å². The monoisotopic (exact) mass is 235 g/mol. The molecule has 0 aromatic carbocycles. The van der Waals surface area contributed by atoms with Gasteiger partial charge in [-0.15, -0.1) is 10.2 Å². The molecule has 0 aliphatic heterocycles. The molecule has 1 aliphatic carbocycles. The van der Waals surface area contributed by atoms with Crippen molar-refractivity contribution in [2.24, 2.45) is 11.3 Å². The van der Waals surface area contributed by atoms with Gasteiger partial charge in [0.05, 0.1) is 7.11 Å². The lowest BCUT2D eigenvalue weighted by atomic mass is 10.1. The Balaban J connectivity index is 1.88. The molecule has 0 spiro atoms. The van der Waals surface area contributed by atoms with E-state index in [1.807, 2.05) is 0 Å². The molecule has 0 amide bonds. The fourth-order valence-electron chi connectivity index (χ4n) is 1.79. The summed E-state index contributed by atoms with van der Waals surface area (Å²) in [7, 11) is 1.32. The van der Waals surface area contributed by atoms with E-state index >= 15 is 0 Å². The zero-order valence-electron chi connectivity index (χ0n) is 10.4. The summed E-state index contributed by atoms with van der Waals surface area (Å²) in [5.41, 5.74) is 0.677. The minimum Gasteiger partial charge on any atom is -0.464 e. The highest BCUT2D eigenvalue weighted by molar-refractivity contribution is 5.86. The first-order valence-electron chi connectivity index (χ1n) is 5.69. The summed E-state index contributed by atoms with van der Waals surface area (Å²) in [6.45, 7) is 5.41. The van der Waals surface area contributed by atoms with Crippen LogP contribution in [0, 0.1) is 11.3 Å². The van der Waals surface area contributed by atoms with Gasteiger partial charge < -0.3 is 10.1 Å². The van der Waals surface area contributed by atoms with Gasteiger partial charge in [0, 0.05) is 6.54 Å². The second-order valence-electron chi connectivity index (χ2n) is 5.07. The summed E-state index contributed by atoms with van der Waals surface area (Å²) < 4.78 is 4.55. The van der Waals surface area contributed by atoms with Crippen LogP contribution in [0.5, 0.6) is 0 Å². The van der Waals surface area contributed by atoms with Gasteiger partial charge >= 0.3 is 5.97 Å². The molecule has 1 saturated carbocycles. The number of anilines is 1. The maximum atomic E-state index is 11.1. The minimum atomic E-state index is -0.465. The van der Waals surface area contributed by atoms with Crippen LogP contribution in [0.4, 0.5) is 5.82 Å². The number of nitrogens with zero attached hydrogens (tertiary/aromatic N) is 2. The van der Waals surface area contributed by atoms with Crippen molar-refractivity contribution >= 4 is 11.8 Å². The van der Waals surface area contributed by atoms with Gasteiger partial charge in [-0.25, -0.2) is 4.79 Å². The third kappa shape index (κ3) is 2.72. The average molecular weight is 235 g/mol. The number of nitrogens with one attached hydrogen (secondary N) is 1. The molecule has 5 nitrogen and oxygen atoms in total. The van der Waals surface area contributed by atoms with E-state index in [2.05, 4.69) is 34.1 Å². The summed E-state index contributed by atoms with van der Waals surface area (Å²) in [4.78, 5) is 11.1. The van der Waals surface area contributed by atoms with Crippen molar-refractivity contribution in [1.29, 1.82) is 0 Å². The number of hydrogen-bond acceptors (Lipinski definition) is 5. The van der Waals surface area contributed by atoms with Gasteiger partial charge in [0.25, 0.3) is 0 Å². The summed E-state index contributed by atoms with van der Waals surface area (Å²) in [5, 5.41) is 11.0. The van der Waals surface area contributed by atoms with Gasteiger partial charge in [-0.05, 0) is 29.9 Å². The van der Waals surface area contributed by atoms with Crippen LogP contribution < -0.4 is 5.32 Å². The lowest BCUT2D eigenvalue weighted by molar-refractivity contribution is 0.0593. The Morgan fingerprint density at radius 3 is 2.71 bits per heavy atom. The highest BCUT2D eigenvalue weighted by atomic mass is 16.5. The van der Waals surface area contributed by atoms with Crippen LogP contribution in [-0.2, 0) is 4.74 Å². The summed E-state index contributed by atoms with van der Waals surface area (Å²) in [5.74, 6) is 0.928. The third-order valence-electron chi connectivity index (χ3n) is 3.31. The second-order valence-corrected chi connectivity index (χ2v) is 5.07. The summed E-state index contributed by atoms with van der Waals surface area (Å²) in [6.07, 6.45) is 1.24. The number of esters is 1. The Morgan fingerprint density at radius 2 is 2.24 bits per heavy atom. The molecule has 1 unspecified atom stereocenters. The highest BCUT2D eigenvalue weighted by Crippen LogP contribution is 2.51. The lowest BCUT2D eigenvalue weighted by Crippen LogP contribution is -2.11. The Morgan fingerprint density at radius 1 is 1.53 bits per heavy atom. The van der Waals surface area contributed by atoms with Crippen LogP contribution in [-0.4, -0.2) is 29.8 Å². The molecule has 5 heteroatoms. The van der Waals surface area contributed by atoms with Gasteiger partial charge in [-0.1, -0.05) is 13.8 Å². The molecule has 1 heterocycles. The van der Waals surface area contributed by atoms with Crippen LogP contribution in [0.3, 0.4) is 0 Å². The number of hydrogen-bond donors (Lipinski definition) is 1. The molecule has 0 bridgehead atoms. The molecule has 0 saturated heterocycles. The van der Waals surface area contributed by atoms with Crippen LogP contribution in [0.15, 0.2) is 12.1 Å². The smallest absolute Gasteiger partial charge is 0.358 e. The highest BCUT2D eigenvalue weighted by Gasteiger charge is 2.44. The van der Waals surface area contributed by atoms with Crippen LogP contribution in [0.2, 0.25) is 0 Å². The number of aromatic nitrogens is 2. The fraction of sp³-hybridized carbons (Fsp3) is 0.583. The topological polar surface area (TPSA) is 64.1 Å². The molecular formula is C12H17N3O2. The SMILES string of the molecule is COC(=O)c1ccc(NCC2CC2(C)C)nn1. The number of rotatable bonds is 4. The molecule has 17 heavy (non-hydrogen) atoms. The van der Waals surface area contributed by atoms with E-state index in [1.165, 1.54) is 13.5 Å². The van der Waals surface area contributed by atoms with Crippen molar-refractivity contribution in [3.05, 3.63) is 17.8 Å². The normalized spacial score (nSPS) is 20.8. The molecule has 1 aromatic heterocycles.